The van der Waals surface area contributed by atoms with Gasteiger partial charge < -0.3 is 14.7 Å². The van der Waals surface area contributed by atoms with E-state index in [1.54, 1.807) is 0 Å². The number of piperidine rings is 1. The van der Waals surface area contributed by atoms with Crippen LogP contribution in [0.4, 0.5) is 0 Å². The third-order valence-corrected chi connectivity index (χ3v) is 4.16. The fourth-order valence-corrected chi connectivity index (χ4v) is 3.31. The van der Waals surface area contributed by atoms with Crippen molar-refractivity contribution in [2.75, 3.05) is 26.2 Å². The second-order valence-electron chi connectivity index (χ2n) is 6.46. The Kier molecular flexibility index (Phi) is 6.49. The van der Waals surface area contributed by atoms with Crippen molar-refractivity contribution in [3.63, 3.8) is 0 Å². The van der Waals surface area contributed by atoms with Crippen LogP contribution in [-0.4, -0.2) is 42.4 Å². The van der Waals surface area contributed by atoms with E-state index in [1.165, 1.54) is 6.42 Å². The van der Waals surface area contributed by atoms with E-state index in [0.717, 1.165) is 35.5 Å². The first-order chi connectivity index (χ1) is 10.0. The Labute approximate surface area is 132 Å². The largest absolute Gasteiger partial charge is 0.389 e. The number of aliphatic hydroxyl groups excluding tert-OH is 1. The molecule has 4 heteroatoms. The SMILES string of the molecule is C[C@@H]1C[C@@H](C)CN(C[C@H](O)COCc2ccc(Cl)cc2)C1. The summed E-state index contributed by atoms with van der Waals surface area (Å²) in [7, 11) is 0. The fourth-order valence-electron chi connectivity index (χ4n) is 3.19. The highest BCUT2D eigenvalue weighted by Gasteiger charge is 2.23. The van der Waals surface area contributed by atoms with Crippen LogP contribution in [0.3, 0.4) is 0 Å². The molecule has 1 aliphatic rings. The molecule has 0 spiro atoms. The Morgan fingerprint density at radius 3 is 2.48 bits per heavy atom. The highest BCUT2D eigenvalue weighted by molar-refractivity contribution is 6.30. The Balaban J connectivity index is 1.67. The molecule has 0 bridgehead atoms. The molecule has 1 N–H and O–H groups in total. The Morgan fingerprint density at radius 2 is 1.86 bits per heavy atom. The highest BCUT2D eigenvalue weighted by atomic mass is 35.5. The monoisotopic (exact) mass is 311 g/mol. The van der Waals surface area contributed by atoms with Gasteiger partial charge in [-0.15, -0.1) is 0 Å². The van der Waals surface area contributed by atoms with Gasteiger partial charge in [0.1, 0.15) is 0 Å². The smallest absolute Gasteiger partial charge is 0.0900 e. The molecule has 0 saturated carbocycles. The maximum Gasteiger partial charge on any atom is 0.0900 e. The van der Waals surface area contributed by atoms with Crippen LogP contribution in [0.2, 0.25) is 5.02 Å². The van der Waals surface area contributed by atoms with Gasteiger partial charge >= 0.3 is 0 Å². The summed E-state index contributed by atoms with van der Waals surface area (Å²) in [5, 5.41) is 10.8. The molecular weight excluding hydrogens is 286 g/mol. The minimum absolute atomic E-state index is 0.377. The van der Waals surface area contributed by atoms with Gasteiger partial charge in [-0.2, -0.15) is 0 Å². The van der Waals surface area contributed by atoms with Crippen molar-refractivity contribution in [2.45, 2.75) is 33.0 Å². The van der Waals surface area contributed by atoms with E-state index in [9.17, 15) is 5.11 Å². The van der Waals surface area contributed by atoms with Gasteiger partial charge in [0.15, 0.2) is 0 Å². The second kappa shape index (κ2) is 8.14. The Morgan fingerprint density at radius 1 is 1.24 bits per heavy atom. The standard InChI is InChI=1S/C17H26ClNO2/c1-13-7-14(2)9-19(8-13)10-17(20)12-21-11-15-3-5-16(18)6-4-15/h3-6,13-14,17,20H,7-12H2,1-2H3/t13-,14-,17+/m1/s1. The summed E-state index contributed by atoms with van der Waals surface area (Å²) in [6, 6.07) is 7.60. The molecule has 3 nitrogen and oxygen atoms in total. The minimum atomic E-state index is -0.421. The van der Waals surface area contributed by atoms with Gasteiger partial charge in [0, 0.05) is 24.7 Å². The first-order valence-electron chi connectivity index (χ1n) is 7.75. The van der Waals surface area contributed by atoms with Crippen LogP contribution < -0.4 is 0 Å². The molecule has 0 unspecified atom stereocenters. The van der Waals surface area contributed by atoms with E-state index in [2.05, 4.69) is 18.7 Å². The molecule has 1 heterocycles. The van der Waals surface area contributed by atoms with Crippen molar-refractivity contribution in [1.29, 1.82) is 0 Å². The molecule has 2 rings (SSSR count). The zero-order valence-electron chi connectivity index (χ0n) is 13.0. The van der Waals surface area contributed by atoms with Crippen LogP contribution in [0.15, 0.2) is 24.3 Å². The quantitative estimate of drug-likeness (QED) is 0.875. The number of hydrogen-bond donors (Lipinski definition) is 1. The van der Waals surface area contributed by atoms with E-state index < -0.39 is 6.10 Å². The summed E-state index contributed by atoms with van der Waals surface area (Å²) in [5.41, 5.74) is 1.08. The lowest BCUT2D eigenvalue weighted by atomic mass is 9.92. The molecule has 1 fully saturated rings. The minimum Gasteiger partial charge on any atom is -0.389 e. The Bertz CT molecular complexity index is 413. The van der Waals surface area contributed by atoms with Crippen molar-refractivity contribution in [2.24, 2.45) is 11.8 Å². The lowest BCUT2D eigenvalue weighted by Gasteiger charge is -2.35. The lowest BCUT2D eigenvalue weighted by Crippen LogP contribution is -2.43. The van der Waals surface area contributed by atoms with E-state index in [0.29, 0.717) is 19.8 Å². The van der Waals surface area contributed by atoms with Crippen LogP contribution in [-0.2, 0) is 11.3 Å². The van der Waals surface area contributed by atoms with Crippen LogP contribution >= 0.6 is 11.6 Å². The first-order valence-corrected chi connectivity index (χ1v) is 8.13. The van der Waals surface area contributed by atoms with Gasteiger partial charge in [-0.1, -0.05) is 37.6 Å². The highest BCUT2D eigenvalue weighted by Crippen LogP contribution is 2.21. The maximum absolute atomic E-state index is 10.1. The lowest BCUT2D eigenvalue weighted by molar-refractivity contribution is -0.000893. The van der Waals surface area contributed by atoms with Gasteiger partial charge in [0.05, 0.1) is 19.3 Å². The van der Waals surface area contributed by atoms with Gasteiger partial charge in [0.2, 0.25) is 0 Å². The van der Waals surface area contributed by atoms with E-state index >= 15 is 0 Å². The van der Waals surface area contributed by atoms with Crippen molar-refractivity contribution in [3.05, 3.63) is 34.9 Å². The number of nitrogens with zero attached hydrogens (tertiary/aromatic N) is 1. The number of ether oxygens (including phenoxy) is 1. The molecule has 0 radical (unpaired) electrons. The zero-order chi connectivity index (χ0) is 15.2. The third kappa shape index (κ3) is 5.95. The van der Waals surface area contributed by atoms with Crippen molar-refractivity contribution >= 4 is 11.6 Å². The maximum atomic E-state index is 10.1. The fraction of sp³-hybridized carbons (Fsp3) is 0.647. The number of rotatable bonds is 6. The van der Waals surface area contributed by atoms with Crippen LogP contribution in [0.5, 0.6) is 0 Å². The number of aliphatic hydroxyl groups is 1. The molecular formula is C17H26ClNO2. The average Bonchev–Trinajstić information content (AvgIpc) is 2.39. The number of benzene rings is 1. The van der Waals surface area contributed by atoms with Crippen molar-refractivity contribution < 1.29 is 9.84 Å². The molecule has 0 aromatic heterocycles. The number of halogens is 1. The summed E-state index contributed by atoms with van der Waals surface area (Å²) in [6.07, 6.45) is 0.870. The molecule has 118 valence electrons. The molecule has 1 aromatic rings. The van der Waals surface area contributed by atoms with E-state index in [-0.39, 0.29) is 0 Å². The average molecular weight is 312 g/mol. The van der Waals surface area contributed by atoms with Gasteiger partial charge in [0.25, 0.3) is 0 Å². The molecule has 21 heavy (non-hydrogen) atoms. The molecule has 1 aromatic carbocycles. The number of likely N-dealkylation sites (tertiary alicyclic amines) is 1. The van der Waals surface area contributed by atoms with E-state index in [1.807, 2.05) is 24.3 Å². The van der Waals surface area contributed by atoms with Crippen LogP contribution in [0, 0.1) is 11.8 Å². The molecule has 3 atom stereocenters. The van der Waals surface area contributed by atoms with Gasteiger partial charge in [-0.3, -0.25) is 0 Å². The van der Waals surface area contributed by atoms with Crippen LogP contribution in [0.1, 0.15) is 25.8 Å². The Hall–Kier alpha value is -0.610. The first kappa shape index (κ1) is 16.8. The summed E-state index contributed by atoms with van der Waals surface area (Å²) < 4.78 is 5.60. The van der Waals surface area contributed by atoms with E-state index in [4.69, 9.17) is 16.3 Å². The molecule has 1 aliphatic heterocycles. The summed E-state index contributed by atoms with van der Waals surface area (Å²) >= 11 is 5.84. The number of β-amino-alcohol motifs (C(OH)–C–C–N with tert-alkyl or cyclic N) is 1. The van der Waals surface area contributed by atoms with Gasteiger partial charge in [-0.25, -0.2) is 0 Å². The zero-order valence-corrected chi connectivity index (χ0v) is 13.7. The van der Waals surface area contributed by atoms with Crippen LogP contribution in [0.25, 0.3) is 0 Å². The topological polar surface area (TPSA) is 32.7 Å². The molecule has 0 amide bonds. The number of hydrogen-bond acceptors (Lipinski definition) is 3. The predicted octanol–water partition coefficient (Wildman–Crippen LogP) is 3.20. The van der Waals surface area contributed by atoms with Crippen molar-refractivity contribution in [1.82, 2.24) is 4.90 Å². The predicted molar refractivity (Wildman–Crippen MR) is 86.5 cm³/mol. The summed E-state index contributed by atoms with van der Waals surface area (Å²) in [5.74, 6) is 1.44. The third-order valence-electron chi connectivity index (χ3n) is 3.91. The normalized spacial score (nSPS) is 25.0. The summed E-state index contributed by atoms with van der Waals surface area (Å²) in [6.45, 7) is 8.33. The summed E-state index contributed by atoms with van der Waals surface area (Å²) in [4.78, 5) is 2.36. The van der Waals surface area contributed by atoms with Gasteiger partial charge in [-0.05, 0) is 36.0 Å². The second-order valence-corrected chi connectivity index (χ2v) is 6.90. The molecule has 1 saturated heterocycles. The van der Waals surface area contributed by atoms with Crippen molar-refractivity contribution in [3.8, 4) is 0 Å². The molecule has 0 aliphatic carbocycles.